The van der Waals surface area contributed by atoms with E-state index in [-0.39, 0.29) is 11.0 Å². The Morgan fingerprint density at radius 1 is 1.47 bits per heavy atom. The molecule has 0 aliphatic heterocycles. The van der Waals surface area contributed by atoms with Crippen LogP contribution in [0.2, 0.25) is 0 Å². The van der Waals surface area contributed by atoms with Gasteiger partial charge in [-0.15, -0.1) is 11.6 Å². The topological polar surface area (TPSA) is 37.8 Å². The number of hydrogen-bond donors (Lipinski definition) is 1. The largest absolute Gasteiger partial charge is 0.354 e. The highest BCUT2D eigenvalue weighted by molar-refractivity contribution is 7.09. The zero-order chi connectivity index (χ0) is 11.1. The van der Waals surface area contributed by atoms with Gasteiger partial charge in [0.15, 0.2) is 0 Å². The highest BCUT2D eigenvalue weighted by atomic mass is 35.5. The van der Waals surface area contributed by atoms with Crippen molar-refractivity contribution in [1.29, 1.82) is 0 Å². The third-order valence-electron chi connectivity index (χ3n) is 2.58. The molecule has 0 spiro atoms. The molecule has 0 atom stereocenters. The van der Waals surface area contributed by atoms with Crippen molar-refractivity contribution in [2.45, 2.75) is 44.6 Å². The predicted molar refractivity (Wildman–Crippen MR) is 64.9 cm³/mol. The van der Waals surface area contributed by atoms with E-state index < -0.39 is 0 Å². The highest BCUT2D eigenvalue weighted by Crippen LogP contribution is 2.40. The van der Waals surface area contributed by atoms with E-state index in [9.17, 15) is 0 Å². The molecule has 0 bridgehead atoms. The van der Waals surface area contributed by atoms with Gasteiger partial charge in [-0.1, -0.05) is 20.8 Å². The maximum absolute atomic E-state index is 5.90. The molecule has 0 saturated heterocycles. The zero-order valence-corrected chi connectivity index (χ0v) is 10.9. The van der Waals surface area contributed by atoms with E-state index in [2.05, 4.69) is 35.4 Å². The lowest BCUT2D eigenvalue weighted by Crippen LogP contribution is -2.23. The molecule has 3 nitrogen and oxygen atoms in total. The molecule has 1 saturated carbocycles. The number of halogens is 1. The van der Waals surface area contributed by atoms with Gasteiger partial charge in [0.25, 0.3) is 0 Å². The summed E-state index contributed by atoms with van der Waals surface area (Å²) in [4.78, 5) is 4.49. The molecule has 1 aliphatic rings. The first-order valence-corrected chi connectivity index (χ1v) is 6.44. The van der Waals surface area contributed by atoms with Gasteiger partial charge in [0.1, 0.15) is 5.82 Å². The maximum atomic E-state index is 5.90. The van der Waals surface area contributed by atoms with Gasteiger partial charge in [-0.3, -0.25) is 0 Å². The molecule has 15 heavy (non-hydrogen) atoms. The molecular formula is C10H16ClN3S. The van der Waals surface area contributed by atoms with Gasteiger partial charge < -0.3 is 5.32 Å². The highest BCUT2D eigenvalue weighted by Gasteiger charge is 2.42. The van der Waals surface area contributed by atoms with Crippen molar-refractivity contribution in [3.05, 3.63) is 5.82 Å². The fourth-order valence-corrected chi connectivity index (χ4v) is 2.46. The number of aromatic nitrogens is 2. The second kappa shape index (κ2) is 3.59. The average Bonchev–Trinajstić information content (AvgIpc) is 2.73. The van der Waals surface area contributed by atoms with E-state index in [4.69, 9.17) is 11.6 Å². The van der Waals surface area contributed by atoms with Crippen LogP contribution < -0.4 is 5.32 Å². The van der Waals surface area contributed by atoms with Crippen molar-refractivity contribution in [2.24, 2.45) is 0 Å². The van der Waals surface area contributed by atoms with E-state index >= 15 is 0 Å². The number of hydrogen-bond acceptors (Lipinski definition) is 4. The van der Waals surface area contributed by atoms with Crippen LogP contribution >= 0.6 is 23.1 Å². The van der Waals surface area contributed by atoms with Crippen molar-refractivity contribution in [3.8, 4) is 0 Å². The smallest absolute Gasteiger partial charge is 0.203 e. The number of alkyl halides is 1. The zero-order valence-electron chi connectivity index (χ0n) is 9.30. The Morgan fingerprint density at radius 2 is 2.13 bits per heavy atom. The van der Waals surface area contributed by atoms with E-state index in [0.29, 0.717) is 5.88 Å². The van der Waals surface area contributed by atoms with Crippen molar-refractivity contribution < 1.29 is 0 Å². The second-order valence-corrected chi connectivity index (χ2v) is 6.23. The lowest BCUT2D eigenvalue weighted by atomic mass is 9.96. The molecule has 1 fully saturated rings. The first kappa shape index (κ1) is 11.1. The molecule has 0 aromatic carbocycles. The lowest BCUT2D eigenvalue weighted by molar-refractivity contribution is 0.555. The van der Waals surface area contributed by atoms with Crippen LogP contribution in [0.15, 0.2) is 0 Å². The van der Waals surface area contributed by atoms with Gasteiger partial charge >= 0.3 is 0 Å². The molecule has 1 aromatic rings. The van der Waals surface area contributed by atoms with E-state index in [1.54, 1.807) is 0 Å². The SMILES string of the molecule is CC(C)(C)c1nsc(NC2(CCl)CC2)n1. The number of anilines is 1. The van der Waals surface area contributed by atoms with Crippen LogP contribution in [0.25, 0.3) is 0 Å². The summed E-state index contributed by atoms with van der Waals surface area (Å²) in [6.45, 7) is 6.35. The Kier molecular flexibility index (Phi) is 2.67. The first-order valence-electron chi connectivity index (χ1n) is 5.14. The minimum atomic E-state index is 0.0219. The quantitative estimate of drug-likeness (QED) is 0.832. The van der Waals surface area contributed by atoms with Crippen LogP contribution in [0.4, 0.5) is 5.13 Å². The molecule has 84 valence electrons. The second-order valence-electron chi connectivity index (χ2n) is 5.21. The Morgan fingerprint density at radius 3 is 2.53 bits per heavy atom. The Hall–Kier alpha value is -0.350. The van der Waals surface area contributed by atoms with Crippen LogP contribution in [0, 0.1) is 0 Å². The van der Waals surface area contributed by atoms with Gasteiger partial charge in [0, 0.05) is 22.8 Å². The summed E-state index contributed by atoms with van der Waals surface area (Å²) >= 11 is 7.32. The first-order chi connectivity index (χ1) is 6.95. The summed E-state index contributed by atoms with van der Waals surface area (Å²) in [7, 11) is 0. The molecule has 0 unspecified atom stereocenters. The number of nitrogens with one attached hydrogen (secondary N) is 1. The Balaban J connectivity index is 2.08. The van der Waals surface area contributed by atoms with Crippen molar-refractivity contribution >= 4 is 28.3 Å². The van der Waals surface area contributed by atoms with E-state index in [0.717, 1.165) is 23.8 Å². The van der Waals surface area contributed by atoms with Gasteiger partial charge in [0.2, 0.25) is 5.13 Å². The summed E-state index contributed by atoms with van der Waals surface area (Å²) in [5, 5.41) is 4.29. The minimum Gasteiger partial charge on any atom is -0.354 e. The molecule has 0 radical (unpaired) electrons. The van der Waals surface area contributed by atoms with Gasteiger partial charge in [-0.25, -0.2) is 4.98 Å². The maximum Gasteiger partial charge on any atom is 0.203 e. The summed E-state index contributed by atoms with van der Waals surface area (Å²) < 4.78 is 4.36. The van der Waals surface area contributed by atoms with Gasteiger partial charge in [-0.05, 0) is 12.8 Å². The molecule has 5 heteroatoms. The standard InChI is InChI=1S/C10H16ClN3S/c1-9(2,3)7-12-8(15-14-7)13-10(6-11)4-5-10/h4-6H2,1-3H3,(H,12,13,14). The lowest BCUT2D eigenvalue weighted by Gasteiger charge is -2.13. The minimum absolute atomic E-state index is 0.0219. The predicted octanol–water partition coefficient (Wildman–Crippen LogP) is 3.02. The van der Waals surface area contributed by atoms with Crippen molar-refractivity contribution in [1.82, 2.24) is 9.36 Å². The van der Waals surface area contributed by atoms with Crippen LogP contribution in [0.1, 0.15) is 39.4 Å². The molecular weight excluding hydrogens is 230 g/mol. The van der Waals surface area contributed by atoms with E-state index in [1.165, 1.54) is 11.5 Å². The van der Waals surface area contributed by atoms with Crippen molar-refractivity contribution in [2.75, 3.05) is 11.2 Å². The molecule has 1 N–H and O–H groups in total. The number of rotatable bonds is 3. The van der Waals surface area contributed by atoms with Crippen LogP contribution in [-0.4, -0.2) is 20.8 Å². The van der Waals surface area contributed by atoms with Crippen LogP contribution in [0.3, 0.4) is 0 Å². The fourth-order valence-electron chi connectivity index (χ4n) is 1.25. The summed E-state index contributed by atoms with van der Waals surface area (Å²) in [6, 6.07) is 0. The summed E-state index contributed by atoms with van der Waals surface area (Å²) in [5.74, 6) is 1.55. The molecule has 1 heterocycles. The molecule has 1 aliphatic carbocycles. The molecule has 1 aromatic heterocycles. The average molecular weight is 246 g/mol. The van der Waals surface area contributed by atoms with Crippen LogP contribution in [0.5, 0.6) is 0 Å². The Bertz CT molecular complexity index is 352. The van der Waals surface area contributed by atoms with Gasteiger partial charge in [0.05, 0.1) is 5.54 Å². The monoisotopic (exact) mass is 245 g/mol. The van der Waals surface area contributed by atoms with Crippen LogP contribution in [-0.2, 0) is 5.41 Å². The summed E-state index contributed by atoms with van der Waals surface area (Å²) in [6.07, 6.45) is 2.28. The third-order valence-corrected chi connectivity index (χ3v) is 3.72. The summed E-state index contributed by atoms with van der Waals surface area (Å²) in [5.41, 5.74) is 0.129. The number of nitrogens with zero attached hydrogens (tertiary/aromatic N) is 2. The fraction of sp³-hybridized carbons (Fsp3) is 0.800. The van der Waals surface area contributed by atoms with E-state index in [1.807, 2.05) is 0 Å². The third kappa shape index (κ3) is 2.42. The van der Waals surface area contributed by atoms with Gasteiger partial charge in [-0.2, -0.15) is 4.37 Å². The van der Waals surface area contributed by atoms with Crippen molar-refractivity contribution in [3.63, 3.8) is 0 Å². The normalized spacial score (nSPS) is 18.9. The molecule has 0 amide bonds. The molecule has 2 rings (SSSR count). The Labute approximate surface area is 99.4 Å².